The van der Waals surface area contributed by atoms with Gasteiger partial charge < -0.3 is 9.47 Å². The number of pyridine rings is 1. The first-order valence-corrected chi connectivity index (χ1v) is 9.78. The van der Waals surface area contributed by atoms with Gasteiger partial charge in [-0.05, 0) is 57.6 Å². The van der Waals surface area contributed by atoms with Crippen LogP contribution >= 0.6 is 15.9 Å². The Morgan fingerprint density at radius 1 is 1.20 bits per heavy atom. The predicted molar refractivity (Wildman–Crippen MR) is 104 cm³/mol. The van der Waals surface area contributed by atoms with Crippen LogP contribution in [0, 0.1) is 23.1 Å². The van der Waals surface area contributed by atoms with Crippen LogP contribution < -0.4 is 4.74 Å². The molecule has 9 heteroatoms. The SMILES string of the molecule is CC1(C)[C@H](/C=C(\Br)C(F)(F)F)[C@@H]1C(=O)OCc1cccc(Oc2ccc(F)cc2)n1. The van der Waals surface area contributed by atoms with E-state index in [9.17, 15) is 22.4 Å². The molecule has 0 saturated heterocycles. The Morgan fingerprint density at radius 2 is 1.87 bits per heavy atom. The van der Waals surface area contributed by atoms with Crippen molar-refractivity contribution in [2.45, 2.75) is 26.6 Å². The lowest BCUT2D eigenvalue weighted by atomic mass is 10.1. The third kappa shape index (κ3) is 5.19. The summed E-state index contributed by atoms with van der Waals surface area (Å²) in [5, 5.41) is 0. The molecule has 30 heavy (non-hydrogen) atoms. The van der Waals surface area contributed by atoms with E-state index in [-0.39, 0.29) is 12.5 Å². The van der Waals surface area contributed by atoms with Gasteiger partial charge in [0, 0.05) is 6.07 Å². The topological polar surface area (TPSA) is 48.4 Å². The minimum absolute atomic E-state index is 0.150. The Balaban J connectivity index is 1.60. The van der Waals surface area contributed by atoms with Crippen molar-refractivity contribution >= 4 is 21.9 Å². The zero-order valence-corrected chi connectivity index (χ0v) is 17.6. The summed E-state index contributed by atoms with van der Waals surface area (Å²) in [4.78, 5) is 16.6. The fraction of sp³-hybridized carbons (Fsp3) is 0.333. The summed E-state index contributed by atoms with van der Waals surface area (Å²) in [5.41, 5.74) is -0.229. The van der Waals surface area contributed by atoms with E-state index in [4.69, 9.17) is 9.47 Å². The molecule has 2 atom stereocenters. The molecule has 0 bridgehead atoms. The molecule has 0 N–H and O–H groups in total. The molecule has 160 valence electrons. The molecular formula is C21H18BrF4NO3. The molecule has 1 heterocycles. The molecule has 2 aromatic rings. The van der Waals surface area contributed by atoms with Gasteiger partial charge in [-0.25, -0.2) is 9.37 Å². The molecule has 0 spiro atoms. The number of allylic oxidation sites excluding steroid dienone is 2. The average Bonchev–Trinajstić information content (AvgIpc) is 3.21. The van der Waals surface area contributed by atoms with Gasteiger partial charge in [0.1, 0.15) is 18.2 Å². The first kappa shape index (κ1) is 22.3. The Morgan fingerprint density at radius 3 is 2.50 bits per heavy atom. The van der Waals surface area contributed by atoms with Crippen LogP contribution in [-0.2, 0) is 16.1 Å². The summed E-state index contributed by atoms with van der Waals surface area (Å²) >= 11 is 2.52. The van der Waals surface area contributed by atoms with Crippen LogP contribution in [0.5, 0.6) is 11.6 Å². The second-order valence-electron chi connectivity index (χ2n) is 7.47. The molecule has 0 radical (unpaired) electrons. The maximum absolute atomic E-state index is 13.0. The summed E-state index contributed by atoms with van der Waals surface area (Å²) < 4.78 is 61.1. The van der Waals surface area contributed by atoms with Crippen molar-refractivity contribution in [2.75, 3.05) is 0 Å². The number of hydrogen-bond acceptors (Lipinski definition) is 4. The molecule has 1 aliphatic carbocycles. The normalized spacial score (nSPS) is 20.6. The maximum atomic E-state index is 13.0. The van der Waals surface area contributed by atoms with Crippen LogP contribution in [0.15, 0.2) is 53.0 Å². The number of benzene rings is 1. The molecule has 0 amide bonds. The number of rotatable bonds is 6. The number of halogens is 5. The van der Waals surface area contributed by atoms with Crippen molar-refractivity contribution in [1.29, 1.82) is 0 Å². The highest BCUT2D eigenvalue weighted by atomic mass is 79.9. The van der Waals surface area contributed by atoms with E-state index in [1.807, 2.05) is 0 Å². The Hall–Kier alpha value is -2.42. The third-order valence-electron chi connectivity index (χ3n) is 4.94. The van der Waals surface area contributed by atoms with Gasteiger partial charge in [-0.2, -0.15) is 13.2 Å². The van der Waals surface area contributed by atoms with Gasteiger partial charge in [0.25, 0.3) is 0 Å². The molecule has 0 aliphatic heterocycles. The Bertz CT molecular complexity index is 957. The van der Waals surface area contributed by atoms with Crippen molar-refractivity contribution < 1.29 is 31.8 Å². The van der Waals surface area contributed by atoms with E-state index in [1.54, 1.807) is 32.0 Å². The van der Waals surface area contributed by atoms with Gasteiger partial charge in [-0.3, -0.25) is 4.79 Å². The summed E-state index contributed by atoms with van der Waals surface area (Å²) in [7, 11) is 0. The van der Waals surface area contributed by atoms with Crippen LogP contribution in [0.1, 0.15) is 19.5 Å². The number of esters is 1. The summed E-state index contributed by atoms with van der Waals surface area (Å²) in [6, 6.07) is 10.3. The zero-order valence-electron chi connectivity index (χ0n) is 16.0. The van der Waals surface area contributed by atoms with Gasteiger partial charge >= 0.3 is 12.1 Å². The highest BCUT2D eigenvalue weighted by Crippen LogP contribution is 2.60. The monoisotopic (exact) mass is 487 g/mol. The van der Waals surface area contributed by atoms with Crippen molar-refractivity contribution in [1.82, 2.24) is 4.98 Å². The van der Waals surface area contributed by atoms with Crippen LogP contribution in [0.25, 0.3) is 0 Å². The van der Waals surface area contributed by atoms with E-state index in [2.05, 4.69) is 20.9 Å². The fourth-order valence-electron chi connectivity index (χ4n) is 3.14. The third-order valence-corrected chi connectivity index (χ3v) is 5.65. The molecule has 3 rings (SSSR count). The largest absolute Gasteiger partial charge is 0.459 e. The van der Waals surface area contributed by atoms with Crippen LogP contribution in [0.2, 0.25) is 0 Å². The molecule has 4 nitrogen and oxygen atoms in total. The molecule has 1 fully saturated rings. The standard InChI is InChI=1S/C21H18BrF4NO3/c1-20(2)15(10-16(22)21(24,25)26)18(20)19(28)29-11-13-4-3-5-17(27-13)30-14-8-6-12(23)7-9-14/h3-10,15,18H,11H2,1-2H3/b16-10-/t15-,18-/m1/s1. The van der Waals surface area contributed by atoms with Gasteiger partial charge in [-0.1, -0.05) is 26.0 Å². The molecule has 1 aromatic carbocycles. The molecule has 1 aliphatic rings. The smallest absolute Gasteiger partial charge is 0.422 e. The molecular weight excluding hydrogens is 470 g/mol. The number of carbonyl (C=O) groups excluding carboxylic acids is 1. The van der Waals surface area contributed by atoms with Gasteiger partial charge in [0.05, 0.1) is 16.1 Å². The van der Waals surface area contributed by atoms with Crippen LogP contribution in [0.3, 0.4) is 0 Å². The van der Waals surface area contributed by atoms with Crippen LogP contribution in [-0.4, -0.2) is 17.1 Å². The van der Waals surface area contributed by atoms with Gasteiger partial charge in [0.15, 0.2) is 0 Å². The molecule has 1 aromatic heterocycles. The van der Waals surface area contributed by atoms with Gasteiger partial charge in [0.2, 0.25) is 5.88 Å². The van der Waals surface area contributed by atoms with Crippen LogP contribution in [0.4, 0.5) is 17.6 Å². The predicted octanol–water partition coefficient (Wildman–Crippen LogP) is 6.17. The van der Waals surface area contributed by atoms with E-state index >= 15 is 0 Å². The van der Waals surface area contributed by atoms with E-state index in [1.165, 1.54) is 24.3 Å². The summed E-state index contributed by atoms with van der Waals surface area (Å²) in [5.74, 6) is -1.61. The second kappa shape index (κ2) is 8.37. The quantitative estimate of drug-likeness (QED) is 0.361. The van der Waals surface area contributed by atoms with E-state index in [0.717, 1.165) is 6.08 Å². The van der Waals surface area contributed by atoms with Crippen molar-refractivity contribution in [2.24, 2.45) is 17.3 Å². The van der Waals surface area contributed by atoms with E-state index in [0.29, 0.717) is 11.4 Å². The van der Waals surface area contributed by atoms with Crippen molar-refractivity contribution in [3.05, 3.63) is 64.5 Å². The number of alkyl halides is 3. The lowest BCUT2D eigenvalue weighted by Gasteiger charge is -2.08. The fourth-order valence-corrected chi connectivity index (χ4v) is 3.43. The highest BCUT2D eigenvalue weighted by molar-refractivity contribution is 9.11. The number of nitrogens with zero attached hydrogens (tertiary/aromatic N) is 1. The Labute approximate surface area is 179 Å². The summed E-state index contributed by atoms with van der Waals surface area (Å²) in [6.07, 6.45) is -3.48. The zero-order chi connectivity index (χ0) is 22.1. The van der Waals surface area contributed by atoms with Crippen molar-refractivity contribution in [3.8, 4) is 11.6 Å². The second-order valence-corrected chi connectivity index (χ2v) is 8.32. The number of aromatic nitrogens is 1. The Kier molecular flexibility index (Phi) is 6.21. The first-order chi connectivity index (χ1) is 14.0. The minimum Gasteiger partial charge on any atom is -0.459 e. The van der Waals surface area contributed by atoms with E-state index < -0.39 is 39.7 Å². The van der Waals surface area contributed by atoms with Crippen molar-refractivity contribution in [3.63, 3.8) is 0 Å². The number of hydrogen-bond donors (Lipinski definition) is 0. The number of ether oxygens (including phenoxy) is 2. The minimum atomic E-state index is -4.50. The highest BCUT2D eigenvalue weighted by Gasteiger charge is 2.62. The molecule has 0 unspecified atom stereocenters. The lowest BCUT2D eigenvalue weighted by molar-refractivity contribution is -0.147. The number of carbonyl (C=O) groups is 1. The lowest BCUT2D eigenvalue weighted by Crippen LogP contribution is -2.11. The first-order valence-electron chi connectivity index (χ1n) is 8.99. The maximum Gasteiger partial charge on any atom is 0.422 e. The summed E-state index contributed by atoms with van der Waals surface area (Å²) in [6.45, 7) is 3.28. The van der Waals surface area contributed by atoms with Gasteiger partial charge in [-0.15, -0.1) is 0 Å². The molecule has 1 saturated carbocycles. The average molecular weight is 488 g/mol.